The van der Waals surface area contributed by atoms with E-state index in [-0.39, 0.29) is 0 Å². The van der Waals surface area contributed by atoms with Crippen molar-refractivity contribution in [3.63, 3.8) is 0 Å². The van der Waals surface area contributed by atoms with E-state index in [4.69, 9.17) is 0 Å². The zero-order valence-electron chi connectivity index (χ0n) is 16.9. The third kappa shape index (κ3) is 2.71. The highest BCUT2D eigenvalue weighted by molar-refractivity contribution is 6.11. The van der Waals surface area contributed by atoms with E-state index in [1.54, 1.807) is 6.07 Å². The molecule has 2 N–H and O–H groups in total. The van der Waals surface area contributed by atoms with Crippen LogP contribution in [0.3, 0.4) is 0 Å². The van der Waals surface area contributed by atoms with Crippen molar-refractivity contribution in [2.75, 3.05) is 13.1 Å². The Kier molecular flexibility index (Phi) is 4.39. The van der Waals surface area contributed by atoms with Crippen LogP contribution < -0.4 is 0 Å². The lowest BCUT2D eigenvalue weighted by molar-refractivity contribution is 0.0947. The van der Waals surface area contributed by atoms with Crippen LogP contribution in [0.4, 0.5) is 0 Å². The van der Waals surface area contributed by atoms with Gasteiger partial charge in [0.1, 0.15) is 5.75 Å². The Hall–Kier alpha value is -2.46. The molecule has 1 aromatic heterocycles. The summed E-state index contributed by atoms with van der Waals surface area (Å²) in [6, 6.07) is 5.59. The molecule has 142 valence electrons. The number of phenolic OH excluding ortho intramolecular Hbond substituents is 1. The lowest BCUT2D eigenvalue weighted by atomic mass is 9.90. The Morgan fingerprint density at radius 1 is 1.19 bits per heavy atom. The van der Waals surface area contributed by atoms with E-state index in [0.29, 0.717) is 11.9 Å². The number of aryl methyl sites for hydroxylation is 2. The molecule has 4 rings (SSSR count). The lowest BCUT2D eigenvalue weighted by Crippen LogP contribution is -2.44. The Labute approximate surface area is 161 Å². The predicted octanol–water partition coefficient (Wildman–Crippen LogP) is 5.12. The summed E-state index contributed by atoms with van der Waals surface area (Å²) >= 11 is 0. The molecule has 3 aromatic rings. The number of nitrogens with one attached hydrogen (secondary N) is 1. The maximum Gasteiger partial charge on any atom is 0.116 e. The first-order valence-corrected chi connectivity index (χ1v) is 9.90. The van der Waals surface area contributed by atoms with E-state index >= 15 is 0 Å². The smallest absolute Gasteiger partial charge is 0.116 e. The number of hydrogen-bond acceptors (Lipinski definition) is 3. The molecule has 0 aliphatic carbocycles. The molecule has 0 bridgehead atoms. The summed E-state index contributed by atoms with van der Waals surface area (Å²) in [5.41, 5.74) is 7.58. The number of nitrogens with zero attached hydrogens (tertiary/aromatic N) is 2. The highest BCUT2D eigenvalue weighted by Gasteiger charge is 2.24. The third-order valence-electron chi connectivity index (χ3n) is 6.31. The van der Waals surface area contributed by atoms with Gasteiger partial charge in [-0.2, -0.15) is 0 Å². The van der Waals surface area contributed by atoms with Gasteiger partial charge in [-0.15, -0.1) is 0 Å². The van der Waals surface area contributed by atoms with Crippen LogP contribution in [0.25, 0.3) is 27.9 Å². The average Bonchev–Trinajstić information content (AvgIpc) is 3.05. The van der Waals surface area contributed by atoms with E-state index in [9.17, 15) is 5.11 Å². The number of fused-ring (bicyclic) bond motifs is 4. The van der Waals surface area contributed by atoms with Crippen molar-refractivity contribution >= 4 is 27.9 Å². The summed E-state index contributed by atoms with van der Waals surface area (Å²) in [5, 5.41) is 12.3. The van der Waals surface area contributed by atoms with Gasteiger partial charge in [-0.3, -0.25) is 4.90 Å². The summed E-state index contributed by atoms with van der Waals surface area (Å²) in [5.74, 6) is 0.315. The second-order valence-corrected chi connectivity index (χ2v) is 7.59. The van der Waals surface area contributed by atoms with Crippen molar-refractivity contribution < 1.29 is 5.11 Å². The molecule has 1 unspecified atom stereocenters. The van der Waals surface area contributed by atoms with Crippen LogP contribution in [0.2, 0.25) is 0 Å². The highest BCUT2D eigenvalue weighted by Crippen LogP contribution is 2.39. The first-order chi connectivity index (χ1) is 13.0. The molecule has 4 heteroatoms. The van der Waals surface area contributed by atoms with Gasteiger partial charge < -0.3 is 15.0 Å². The number of benzene rings is 2. The minimum atomic E-state index is 0.315. The van der Waals surface area contributed by atoms with Crippen LogP contribution in [0.1, 0.15) is 43.0 Å². The van der Waals surface area contributed by atoms with E-state index < -0.39 is 0 Å². The Bertz CT molecular complexity index is 1040. The van der Waals surface area contributed by atoms with Gasteiger partial charge in [-0.05, 0) is 80.4 Å². The molecule has 0 spiro atoms. The van der Waals surface area contributed by atoms with Crippen LogP contribution in [0, 0.1) is 13.8 Å². The summed E-state index contributed by atoms with van der Waals surface area (Å²) in [6.07, 6.45) is 4.88. The highest BCUT2D eigenvalue weighted by atomic mass is 16.3. The number of H-pyrrole nitrogens is 1. The molecule has 1 aliphatic rings. The van der Waals surface area contributed by atoms with Crippen molar-refractivity contribution in [3.8, 4) is 5.75 Å². The van der Waals surface area contributed by atoms with Crippen LogP contribution in [0.15, 0.2) is 24.4 Å². The van der Waals surface area contributed by atoms with E-state index in [2.05, 4.69) is 61.7 Å². The number of rotatable bonds is 4. The Morgan fingerprint density at radius 3 is 2.63 bits per heavy atom. The SMILES string of the molecule is CCN(CC)C(C)N1C=Cc2c(c(C)c3c([nH]c4ccc(O)cc43)c2C)C1. The van der Waals surface area contributed by atoms with Crippen LogP contribution in [0.5, 0.6) is 5.75 Å². The van der Waals surface area contributed by atoms with Crippen molar-refractivity contribution in [3.05, 3.63) is 46.7 Å². The van der Waals surface area contributed by atoms with E-state index in [0.717, 1.165) is 30.5 Å². The molecule has 0 fully saturated rings. The lowest BCUT2D eigenvalue weighted by Gasteiger charge is -2.38. The second kappa shape index (κ2) is 6.61. The molecule has 0 saturated carbocycles. The maximum atomic E-state index is 10.00. The molecule has 0 radical (unpaired) electrons. The fourth-order valence-corrected chi connectivity index (χ4v) is 4.62. The molecule has 1 atom stereocenters. The molecular weight excluding hydrogens is 334 g/mol. The summed E-state index contributed by atoms with van der Waals surface area (Å²) in [7, 11) is 0. The monoisotopic (exact) mass is 363 g/mol. The summed E-state index contributed by atoms with van der Waals surface area (Å²) in [6.45, 7) is 14.2. The van der Waals surface area contributed by atoms with Gasteiger partial charge in [-0.1, -0.05) is 13.8 Å². The Balaban J connectivity index is 1.88. The number of hydrogen-bond donors (Lipinski definition) is 2. The normalized spacial score (nSPS) is 15.1. The number of aromatic amines is 1. The third-order valence-corrected chi connectivity index (χ3v) is 6.31. The van der Waals surface area contributed by atoms with Crippen LogP contribution in [-0.4, -0.2) is 39.1 Å². The van der Waals surface area contributed by atoms with E-state index in [1.807, 2.05) is 12.1 Å². The van der Waals surface area contributed by atoms with Crippen LogP contribution >= 0.6 is 0 Å². The molecule has 2 heterocycles. The first-order valence-electron chi connectivity index (χ1n) is 9.90. The number of phenols is 1. The van der Waals surface area contributed by atoms with Crippen molar-refractivity contribution in [1.29, 1.82) is 0 Å². The molecule has 27 heavy (non-hydrogen) atoms. The fraction of sp³-hybridized carbons (Fsp3) is 0.391. The second-order valence-electron chi connectivity index (χ2n) is 7.59. The summed E-state index contributed by atoms with van der Waals surface area (Å²) in [4.78, 5) is 8.47. The van der Waals surface area contributed by atoms with Gasteiger partial charge in [0, 0.05) is 29.0 Å². The standard InChI is InChI=1S/C23H29N3O/c1-6-25(7-2)16(5)26-11-10-18-15(4)23-22(14(3)20(18)13-26)19-12-17(27)8-9-21(19)24-23/h8-12,16,24,27H,6-7,13H2,1-5H3. The molecule has 0 amide bonds. The average molecular weight is 364 g/mol. The minimum absolute atomic E-state index is 0.315. The van der Waals surface area contributed by atoms with Crippen molar-refractivity contribution in [1.82, 2.24) is 14.8 Å². The van der Waals surface area contributed by atoms with Gasteiger partial charge in [-0.25, -0.2) is 0 Å². The summed E-state index contributed by atoms with van der Waals surface area (Å²) < 4.78 is 0. The largest absolute Gasteiger partial charge is 0.508 e. The number of aromatic nitrogens is 1. The molecule has 2 aromatic carbocycles. The molecule has 0 saturated heterocycles. The first kappa shape index (κ1) is 17.9. The predicted molar refractivity (Wildman–Crippen MR) is 114 cm³/mol. The van der Waals surface area contributed by atoms with Crippen molar-refractivity contribution in [2.45, 2.75) is 47.3 Å². The zero-order valence-corrected chi connectivity index (χ0v) is 16.9. The molecular formula is C23H29N3O. The van der Waals surface area contributed by atoms with Gasteiger partial charge in [0.05, 0.1) is 11.7 Å². The van der Waals surface area contributed by atoms with Gasteiger partial charge in [0.2, 0.25) is 0 Å². The van der Waals surface area contributed by atoms with E-state index in [1.165, 1.54) is 33.2 Å². The quantitative estimate of drug-likeness (QED) is 0.676. The van der Waals surface area contributed by atoms with Crippen molar-refractivity contribution in [2.24, 2.45) is 0 Å². The fourth-order valence-electron chi connectivity index (χ4n) is 4.62. The van der Waals surface area contributed by atoms with Gasteiger partial charge >= 0.3 is 0 Å². The number of aromatic hydroxyl groups is 1. The minimum Gasteiger partial charge on any atom is -0.508 e. The van der Waals surface area contributed by atoms with Gasteiger partial charge in [0.25, 0.3) is 0 Å². The molecule has 1 aliphatic heterocycles. The maximum absolute atomic E-state index is 10.00. The topological polar surface area (TPSA) is 42.5 Å². The van der Waals surface area contributed by atoms with Crippen LogP contribution in [-0.2, 0) is 6.54 Å². The Morgan fingerprint density at radius 2 is 1.93 bits per heavy atom. The van der Waals surface area contributed by atoms with Gasteiger partial charge in [0.15, 0.2) is 0 Å². The molecule has 4 nitrogen and oxygen atoms in total. The zero-order chi connectivity index (χ0) is 19.3.